The van der Waals surface area contributed by atoms with Crippen LogP contribution in [0, 0.1) is 6.92 Å². The minimum Gasteiger partial charge on any atom is -0.319 e. The first-order valence-electron chi connectivity index (χ1n) is 9.80. The zero-order valence-corrected chi connectivity index (χ0v) is 19.5. The zero-order chi connectivity index (χ0) is 22.1. The first-order valence-corrected chi connectivity index (χ1v) is 12.1. The number of aromatic nitrogens is 4. The Morgan fingerprint density at radius 2 is 1.97 bits per heavy atom. The van der Waals surface area contributed by atoms with Crippen molar-refractivity contribution in [2.45, 2.75) is 55.5 Å². The summed E-state index contributed by atoms with van der Waals surface area (Å²) in [7, 11) is -0.513. The van der Waals surface area contributed by atoms with E-state index in [1.807, 2.05) is 13.0 Å². The van der Waals surface area contributed by atoms with Gasteiger partial charge in [0.1, 0.15) is 5.82 Å². The number of sulfonamides is 1. The molecule has 0 aliphatic rings. The largest absolute Gasteiger partial charge is 0.319 e. The predicted octanol–water partition coefficient (Wildman–Crippen LogP) is 3.33. The van der Waals surface area contributed by atoms with Gasteiger partial charge in [0, 0.05) is 32.4 Å². The van der Waals surface area contributed by atoms with Crippen LogP contribution in [0.4, 0.5) is 0 Å². The summed E-state index contributed by atoms with van der Waals surface area (Å²) >= 11 is 1.50. The van der Waals surface area contributed by atoms with Crippen LogP contribution >= 0.6 is 11.8 Å². The summed E-state index contributed by atoms with van der Waals surface area (Å²) in [6, 6.07) is 6.52. The monoisotopic (exact) mass is 449 g/mol. The summed E-state index contributed by atoms with van der Waals surface area (Å²) in [6.45, 7) is 6.66. The van der Waals surface area contributed by atoms with Gasteiger partial charge in [0.15, 0.2) is 5.16 Å². The number of nitrogens with one attached hydrogen (secondary N) is 1. The number of hydrogen-bond acceptors (Lipinski definition) is 6. The predicted molar refractivity (Wildman–Crippen MR) is 119 cm³/mol. The van der Waals surface area contributed by atoms with E-state index in [2.05, 4.69) is 21.5 Å². The molecule has 0 fully saturated rings. The van der Waals surface area contributed by atoms with Crippen molar-refractivity contribution in [1.29, 1.82) is 0 Å². The third-order valence-corrected chi connectivity index (χ3v) is 7.66. The number of aryl methyl sites for hydroxylation is 2. The van der Waals surface area contributed by atoms with Gasteiger partial charge < -0.3 is 9.55 Å². The standard InChI is InChI=1S/C20H27N5O3S2/c1-6-7-10-25-17-9-8-15(30(27,28)24(4)5)12-16(17)22-20(25)29-14(3)19-21-13(2)11-18(26)23-19/h8-9,11-12,14H,6-7,10H2,1-5H3,(H,21,23,26). The van der Waals surface area contributed by atoms with Gasteiger partial charge in [0.2, 0.25) is 10.0 Å². The molecule has 0 aliphatic heterocycles. The van der Waals surface area contributed by atoms with E-state index in [9.17, 15) is 13.2 Å². The molecule has 1 aromatic carbocycles. The molecule has 30 heavy (non-hydrogen) atoms. The lowest BCUT2D eigenvalue weighted by molar-refractivity contribution is 0.521. The Balaban J connectivity index is 2.04. The average molecular weight is 450 g/mol. The van der Waals surface area contributed by atoms with Crippen molar-refractivity contribution >= 4 is 32.8 Å². The maximum Gasteiger partial charge on any atom is 0.251 e. The highest BCUT2D eigenvalue weighted by atomic mass is 32.2. The van der Waals surface area contributed by atoms with Gasteiger partial charge in [-0.05, 0) is 38.5 Å². The van der Waals surface area contributed by atoms with Crippen LogP contribution in [0.5, 0.6) is 0 Å². The number of thioether (sulfide) groups is 1. The average Bonchev–Trinajstić information content (AvgIpc) is 3.01. The maximum atomic E-state index is 12.5. The fourth-order valence-electron chi connectivity index (χ4n) is 3.09. The summed E-state index contributed by atoms with van der Waals surface area (Å²) in [6.07, 6.45) is 2.00. The molecule has 0 aliphatic carbocycles. The number of hydrogen-bond donors (Lipinski definition) is 1. The number of aromatic amines is 1. The van der Waals surface area contributed by atoms with Crippen LogP contribution in [0.2, 0.25) is 0 Å². The van der Waals surface area contributed by atoms with Gasteiger partial charge in [-0.15, -0.1) is 0 Å². The van der Waals surface area contributed by atoms with Gasteiger partial charge in [-0.25, -0.2) is 22.7 Å². The minimum atomic E-state index is -3.54. The van der Waals surface area contributed by atoms with E-state index in [-0.39, 0.29) is 15.7 Å². The Kier molecular flexibility index (Phi) is 6.68. The minimum absolute atomic E-state index is 0.125. The van der Waals surface area contributed by atoms with Crippen LogP contribution in [-0.4, -0.2) is 46.3 Å². The van der Waals surface area contributed by atoms with Gasteiger partial charge in [-0.3, -0.25) is 4.79 Å². The number of fused-ring (bicyclic) bond motifs is 1. The van der Waals surface area contributed by atoms with Crippen molar-refractivity contribution in [3.63, 3.8) is 0 Å². The molecule has 1 atom stereocenters. The van der Waals surface area contributed by atoms with Gasteiger partial charge in [-0.2, -0.15) is 0 Å². The molecule has 1 N–H and O–H groups in total. The van der Waals surface area contributed by atoms with E-state index < -0.39 is 10.0 Å². The summed E-state index contributed by atoms with van der Waals surface area (Å²) in [5, 5.41) is 0.647. The van der Waals surface area contributed by atoms with Crippen LogP contribution in [0.1, 0.15) is 43.5 Å². The van der Waals surface area contributed by atoms with Crippen LogP contribution in [0.25, 0.3) is 11.0 Å². The number of rotatable bonds is 8. The molecule has 0 radical (unpaired) electrons. The van der Waals surface area contributed by atoms with Crippen LogP contribution in [0.15, 0.2) is 39.1 Å². The summed E-state index contributed by atoms with van der Waals surface area (Å²) in [5.41, 5.74) is 2.01. The van der Waals surface area contributed by atoms with Crippen molar-refractivity contribution in [3.8, 4) is 0 Å². The highest BCUT2D eigenvalue weighted by Gasteiger charge is 2.21. The molecule has 0 saturated carbocycles. The third-order valence-electron chi connectivity index (χ3n) is 4.75. The van der Waals surface area contributed by atoms with E-state index in [1.54, 1.807) is 19.1 Å². The molecular weight excluding hydrogens is 422 g/mol. The molecule has 0 spiro atoms. The molecular formula is C20H27N5O3S2. The van der Waals surface area contributed by atoms with Gasteiger partial charge in [0.25, 0.3) is 5.56 Å². The second-order valence-electron chi connectivity index (χ2n) is 7.37. The lowest BCUT2D eigenvalue weighted by Crippen LogP contribution is -2.22. The molecule has 0 bridgehead atoms. The summed E-state index contributed by atoms with van der Waals surface area (Å²) < 4.78 is 28.3. The van der Waals surface area contributed by atoms with Crippen molar-refractivity contribution in [2.75, 3.05) is 14.1 Å². The number of benzene rings is 1. The van der Waals surface area contributed by atoms with Crippen molar-refractivity contribution in [2.24, 2.45) is 0 Å². The van der Waals surface area contributed by atoms with Crippen molar-refractivity contribution in [3.05, 3.63) is 46.1 Å². The zero-order valence-electron chi connectivity index (χ0n) is 17.8. The molecule has 1 unspecified atom stereocenters. The van der Waals surface area contributed by atoms with Gasteiger partial charge in [0.05, 0.1) is 21.2 Å². The fraction of sp³-hybridized carbons (Fsp3) is 0.450. The SMILES string of the molecule is CCCCn1c(SC(C)c2nc(C)cc(=O)[nH]2)nc2cc(S(=O)(=O)N(C)C)ccc21. The molecule has 0 amide bonds. The molecule has 162 valence electrons. The van der Waals surface area contributed by atoms with Crippen LogP contribution in [0.3, 0.4) is 0 Å². The van der Waals surface area contributed by atoms with Crippen LogP contribution < -0.4 is 5.56 Å². The summed E-state index contributed by atoms with van der Waals surface area (Å²) in [5.74, 6) is 0.593. The number of H-pyrrole nitrogens is 1. The quantitative estimate of drug-likeness (QED) is 0.530. The fourth-order valence-corrected chi connectivity index (χ4v) is 5.02. The molecule has 10 heteroatoms. The van der Waals surface area contributed by atoms with E-state index in [0.717, 1.165) is 30.1 Å². The maximum absolute atomic E-state index is 12.5. The second-order valence-corrected chi connectivity index (χ2v) is 10.8. The molecule has 0 saturated heterocycles. The lowest BCUT2D eigenvalue weighted by atomic mass is 10.3. The first kappa shape index (κ1) is 22.5. The first-order chi connectivity index (χ1) is 14.1. The van der Waals surface area contributed by atoms with E-state index in [1.165, 1.54) is 36.2 Å². The van der Waals surface area contributed by atoms with Crippen LogP contribution in [-0.2, 0) is 16.6 Å². The Labute approximate surface area is 180 Å². The highest BCUT2D eigenvalue weighted by Crippen LogP contribution is 2.35. The van der Waals surface area contributed by atoms with Gasteiger partial charge >= 0.3 is 0 Å². The topological polar surface area (TPSA) is 101 Å². The van der Waals surface area contributed by atoms with Gasteiger partial charge in [-0.1, -0.05) is 25.1 Å². The highest BCUT2D eigenvalue weighted by molar-refractivity contribution is 7.99. The Bertz CT molecular complexity index is 1210. The number of unbranched alkanes of at least 4 members (excludes halogenated alkanes) is 1. The summed E-state index contributed by atoms with van der Waals surface area (Å²) in [4.78, 5) is 24.0. The molecule has 2 heterocycles. The third kappa shape index (κ3) is 4.60. The Hall–Kier alpha value is -2.17. The molecule has 3 aromatic rings. The van der Waals surface area contributed by atoms with Crippen molar-refractivity contribution < 1.29 is 8.42 Å². The number of nitrogens with zero attached hydrogens (tertiary/aromatic N) is 4. The van der Waals surface area contributed by atoms with Crippen molar-refractivity contribution in [1.82, 2.24) is 23.8 Å². The smallest absolute Gasteiger partial charge is 0.251 e. The Morgan fingerprint density at radius 3 is 2.60 bits per heavy atom. The van der Waals surface area contributed by atoms with E-state index >= 15 is 0 Å². The Morgan fingerprint density at radius 1 is 1.23 bits per heavy atom. The normalized spacial score (nSPS) is 13.3. The van der Waals surface area contributed by atoms with E-state index in [0.29, 0.717) is 17.0 Å². The lowest BCUT2D eigenvalue weighted by Gasteiger charge is -2.13. The molecule has 2 aromatic heterocycles. The second kappa shape index (κ2) is 8.91. The van der Waals surface area contributed by atoms with E-state index in [4.69, 9.17) is 4.98 Å². The molecule has 8 nitrogen and oxygen atoms in total. The number of imidazole rings is 1. The molecule has 3 rings (SSSR count).